The Morgan fingerprint density at radius 2 is 1.67 bits per heavy atom. The molecule has 134 valence electrons. The van der Waals surface area contributed by atoms with Crippen molar-refractivity contribution in [3.8, 4) is 17.3 Å². The number of aromatic nitrogens is 2. The lowest BCUT2D eigenvalue weighted by Gasteiger charge is -2.15. The average Bonchev–Trinajstić information content (AvgIpc) is 3.22. The van der Waals surface area contributed by atoms with E-state index in [1.807, 2.05) is 48.5 Å². The first-order valence-electron chi connectivity index (χ1n) is 9.28. The highest BCUT2D eigenvalue weighted by atomic mass is 15.2. The van der Waals surface area contributed by atoms with Crippen molar-refractivity contribution in [1.29, 1.82) is 5.26 Å². The van der Waals surface area contributed by atoms with E-state index in [-0.39, 0.29) is 0 Å². The van der Waals surface area contributed by atoms with E-state index in [0.717, 1.165) is 35.6 Å². The van der Waals surface area contributed by atoms with Crippen LogP contribution in [-0.4, -0.2) is 16.0 Å². The normalized spacial score (nSPS) is 13.9. The standard InChI is InChI=1S/C22H21N5/c23-15-16-10-12-19(13-11-16)24-21-14-20(17-6-2-1-3-7-17)26-22(27-21)25-18-8-4-5-9-18/h1-3,6-7,10-14,18H,4-5,8-9H2,(H2,24,25,26,27). The highest BCUT2D eigenvalue weighted by Gasteiger charge is 2.16. The van der Waals surface area contributed by atoms with Crippen LogP contribution in [0, 0.1) is 11.3 Å². The zero-order chi connectivity index (χ0) is 18.5. The molecule has 0 bridgehead atoms. The number of benzene rings is 2. The first-order valence-corrected chi connectivity index (χ1v) is 9.28. The van der Waals surface area contributed by atoms with Gasteiger partial charge in [0, 0.05) is 23.4 Å². The van der Waals surface area contributed by atoms with E-state index in [9.17, 15) is 0 Å². The van der Waals surface area contributed by atoms with Crippen LogP contribution in [0.25, 0.3) is 11.3 Å². The van der Waals surface area contributed by atoms with Crippen molar-refractivity contribution < 1.29 is 0 Å². The molecule has 0 radical (unpaired) electrons. The van der Waals surface area contributed by atoms with Gasteiger partial charge in [0.15, 0.2) is 0 Å². The lowest BCUT2D eigenvalue weighted by Crippen LogP contribution is -2.17. The molecule has 0 atom stereocenters. The Labute approximate surface area is 159 Å². The minimum Gasteiger partial charge on any atom is -0.351 e. The third-order valence-corrected chi connectivity index (χ3v) is 4.77. The predicted octanol–water partition coefficient (Wildman–Crippen LogP) is 5.11. The van der Waals surface area contributed by atoms with Crippen LogP contribution in [-0.2, 0) is 0 Å². The predicted molar refractivity (Wildman–Crippen MR) is 108 cm³/mol. The monoisotopic (exact) mass is 355 g/mol. The average molecular weight is 355 g/mol. The number of nitrogens with zero attached hydrogens (tertiary/aromatic N) is 3. The first kappa shape index (κ1) is 17.0. The van der Waals surface area contributed by atoms with Crippen molar-refractivity contribution in [3.05, 3.63) is 66.2 Å². The summed E-state index contributed by atoms with van der Waals surface area (Å²) in [5.74, 6) is 1.38. The van der Waals surface area contributed by atoms with Crippen molar-refractivity contribution in [2.24, 2.45) is 0 Å². The largest absolute Gasteiger partial charge is 0.351 e. The number of hydrogen-bond acceptors (Lipinski definition) is 5. The lowest BCUT2D eigenvalue weighted by molar-refractivity contribution is 0.744. The van der Waals surface area contributed by atoms with Crippen molar-refractivity contribution in [2.75, 3.05) is 10.6 Å². The maximum absolute atomic E-state index is 8.95. The molecule has 1 aliphatic rings. The number of anilines is 3. The highest BCUT2D eigenvalue weighted by Crippen LogP contribution is 2.26. The second-order valence-electron chi connectivity index (χ2n) is 6.77. The van der Waals surface area contributed by atoms with Gasteiger partial charge in [0.2, 0.25) is 5.95 Å². The molecule has 2 aromatic carbocycles. The number of nitrogens with one attached hydrogen (secondary N) is 2. The number of nitriles is 1. The Bertz CT molecular complexity index is 939. The minimum atomic E-state index is 0.443. The summed E-state index contributed by atoms with van der Waals surface area (Å²) in [6.07, 6.45) is 4.84. The maximum Gasteiger partial charge on any atom is 0.225 e. The van der Waals surface area contributed by atoms with Gasteiger partial charge in [0.25, 0.3) is 0 Å². The van der Waals surface area contributed by atoms with Gasteiger partial charge in [-0.3, -0.25) is 0 Å². The van der Waals surface area contributed by atoms with Gasteiger partial charge in [-0.25, -0.2) is 4.98 Å². The van der Waals surface area contributed by atoms with Crippen molar-refractivity contribution >= 4 is 17.5 Å². The lowest BCUT2D eigenvalue weighted by atomic mass is 10.1. The Morgan fingerprint density at radius 1 is 0.926 bits per heavy atom. The van der Waals surface area contributed by atoms with Gasteiger partial charge in [-0.1, -0.05) is 43.2 Å². The Morgan fingerprint density at radius 3 is 2.37 bits per heavy atom. The van der Waals surface area contributed by atoms with E-state index in [4.69, 9.17) is 10.2 Å². The van der Waals surface area contributed by atoms with Gasteiger partial charge in [0.05, 0.1) is 17.3 Å². The van der Waals surface area contributed by atoms with Crippen LogP contribution in [0.4, 0.5) is 17.5 Å². The molecule has 27 heavy (non-hydrogen) atoms. The van der Waals surface area contributed by atoms with Crippen LogP contribution in [0.2, 0.25) is 0 Å². The van der Waals surface area contributed by atoms with Crippen LogP contribution in [0.5, 0.6) is 0 Å². The van der Waals surface area contributed by atoms with E-state index in [0.29, 0.717) is 17.6 Å². The molecule has 2 N–H and O–H groups in total. The van der Waals surface area contributed by atoms with Gasteiger partial charge < -0.3 is 10.6 Å². The van der Waals surface area contributed by atoms with Crippen LogP contribution in [0.1, 0.15) is 31.2 Å². The van der Waals surface area contributed by atoms with Gasteiger partial charge in [-0.15, -0.1) is 0 Å². The minimum absolute atomic E-state index is 0.443. The second-order valence-corrected chi connectivity index (χ2v) is 6.77. The summed E-state index contributed by atoms with van der Waals surface area (Å²) in [7, 11) is 0. The summed E-state index contributed by atoms with van der Waals surface area (Å²) in [4.78, 5) is 9.39. The first-order chi connectivity index (χ1) is 13.3. The molecule has 0 aliphatic heterocycles. The van der Waals surface area contributed by atoms with E-state index in [2.05, 4.69) is 21.7 Å². The van der Waals surface area contributed by atoms with Crippen molar-refractivity contribution in [3.63, 3.8) is 0 Å². The molecule has 0 spiro atoms. The SMILES string of the molecule is N#Cc1ccc(Nc2cc(-c3ccccc3)nc(NC3CCCC3)n2)cc1. The van der Waals surface area contributed by atoms with Gasteiger partial charge in [-0.2, -0.15) is 10.2 Å². The fraction of sp³-hybridized carbons (Fsp3) is 0.227. The summed E-state index contributed by atoms with van der Waals surface area (Å²) in [5.41, 5.74) is 3.45. The molecule has 1 aromatic heterocycles. The zero-order valence-electron chi connectivity index (χ0n) is 15.0. The Kier molecular flexibility index (Phi) is 4.97. The molecular formula is C22H21N5. The molecule has 5 nitrogen and oxygen atoms in total. The maximum atomic E-state index is 8.95. The molecule has 0 amide bonds. The number of rotatable bonds is 5. The van der Waals surface area contributed by atoms with Crippen molar-refractivity contribution in [1.82, 2.24) is 9.97 Å². The third-order valence-electron chi connectivity index (χ3n) is 4.77. The summed E-state index contributed by atoms with van der Waals surface area (Å²) >= 11 is 0. The Hall–Kier alpha value is -3.39. The molecule has 1 fully saturated rings. The van der Waals surface area contributed by atoms with E-state index in [1.165, 1.54) is 12.8 Å². The molecule has 3 aromatic rings. The molecule has 1 heterocycles. The molecule has 4 rings (SSSR count). The molecule has 0 saturated heterocycles. The topological polar surface area (TPSA) is 73.6 Å². The van der Waals surface area contributed by atoms with E-state index >= 15 is 0 Å². The van der Waals surface area contributed by atoms with E-state index in [1.54, 1.807) is 12.1 Å². The van der Waals surface area contributed by atoms with Gasteiger partial charge >= 0.3 is 0 Å². The van der Waals surface area contributed by atoms with Crippen LogP contribution in [0.3, 0.4) is 0 Å². The molecule has 1 aliphatic carbocycles. The van der Waals surface area contributed by atoms with Gasteiger partial charge in [-0.05, 0) is 37.1 Å². The van der Waals surface area contributed by atoms with Gasteiger partial charge in [0.1, 0.15) is 5.82 Å². The smallest absolute Gasteiger partial charge is 0.225 e. The summed E-state index contributed by atoms with van der Waals surface area (Å²) in [6, 6.07) is 22.0. The quantitative estimate of drug-likeness (QED) is 0.665. The summed E-state index contributed by atoms with van der Waals surface area (Å²) < 4.78 is 0. The molecule has 5 heteroatoms. The second kappa shape index (κ2) is 7.88. The van der Waals surface area contributed by atoms with Crippen LogP contribution >= 0.6 is 0 Å². The zero-order valence-corrected chi connectivity index (χ0v) is 15.0. The molecule has 0 unspecified atom stereocenters. The molecule has 1 saturated carbocycles. The summed E-state index contributed by atoms with van der Waals surface area (Å²) in [6.45, 7) is 0. The van der Waals surface area contributed by atoms with Crippen molar-refractivity contribution in [2.45, 2.75) is 31.7 Å². The summed E-state index contributed by atoms with van der Waals surface area (Å²) in [5, 5.41) is 15.8. The number of hydrogen-bond donors (Lipinski definition) is 2. The molecular weight excluding hydrogens is 334 g/mol. The fourth-order valence-corrected chi connectivity index (χ4v) is 3.36. The fourth-order valence-electron chi connectivity index (χ4n) is 3.36. The van der Waals surface area contributed by atoms with Crippen LogP contribution in [0.15, 0.2) is 60.7 Å². The highest BCUT2D eigenvalue weighted by molar-refractivity contribution is 5.67. The third kappa shape index (κ3) is 4.24. The van der Waals surface area contributed by atoms with E-state index < -0.39 is 0 Å². The Balaban J connectivity index is 1.65. The van der Waals surface area contributed by atoms with Crippen LogP contribution < -0.4 is 10.6 Å².